The number of nitrogens with one attached hydrogen (secondary N) is 3. The lowest BCUT2D eigenvalue weighted by Crippen LogP contribution is -2.19. The summed E-state index contributed by atoms with van der Waals surface area (Å²) in [7, 11) is 0. The van der Waals surface area contributed by atoms with E-state index in [1.807, 2.05) is 0 Å². The van der Waals surface area contributed by atoms with Crippen molar-refractivity contribution in [3.05, 3.63) is 41.1 Å². The lowest BCUT2D eigenvalue weighted by molar-refractivity contribution is -0.0857. The van der Waals surface area contributed by atoms with Gasteiger partial charge in [-0.25, -0.2) is 13.8 Å². The third-order valence-corrected chi connectivity index (χ3v) is 5.31. The van der Waals surface area contributed by atoms with Crippen LogP contribution in [-0.4, -0.2) is 50.2 Å². The molecule has 2 rings (SSSR count). The maximum absolute atomic E-state index is 14.4. The summed E-state index contributed by atoms with van der Waals surface area (Å²) in [4.78, 5) is 7.50. The van der Waals surface area contributed by atoms with E-state index in [1.54, 1.807) is 13.8 Å². The van der Waals surface area contributed by atoms with Crippen molar-refractivity contribution in [3.63, 3.8) is 0 Å². The summed E-state index contributed by atoms with van der Waals surface area (Å²) in [5.74, 6) is -3.40. The molecule has 0 fully saturated rings. The van der Waals surface area contributed by atoms with Crippen molar-refractivity contribution in [1.29, 1.82) is 10.8 Å². The molecule has 0 radical (unpaired) electrons. The van der Waals surface area contributed by atoms with Gasteiger partial charge in [0.1, 0.15) is 22.9 Å². The van der Waals surface area contributed by atoms with Gasteiger partial charge in [0.15, 0.2) is 5.90 Å². The number of rotatable bonds is 7. The first-order valence-corrected chi connectivity index (χ1v) is 11.5. The molecule has 12 heteroatoms. The zero-order valence-electron chi connectivity index (χ0n) is 20.1. The third kappa shape index (κ3) is 9.38. The van der Waals surface area contributed by atoms with Gasteiger partial charge < -0.3 is 14.8 Å². The van der Waals surface area contributed by atoms with E-state index in [4.69, 9.17) is 20.3 Å². The summed E-state index contributed by atoms with van der Waals surface area (Å²) in [5, 5.41) is 18.2. The number of alkyl halides is 3. The van der Waals surface area contributed by atoms with Crippen molar-refractivity contribution in [2.45, 2.75) is 45.7 Å². The van der Waals surface area contributed by atoms with Crippen molar-refractivity contribution in [2.24, 2.45) is 21.8 Å². The molecular formula is C24H30F5N5O2. The van der Waals surface area contributed by atoms with Gasteiger partial charge >= 0.3 is 6.18 Å². The van der Waals surface area contributed by atoms with Crippen LogP contribution in [0, 0.1) is 34.3 Å². The summed E-state index contributed by atoms with van der Waals surface area (Å²) in [6.45, 7) is 4.22. The molecule has 1 atom stereocenters. The van der Waals surface area contributed by atoms with Gasteiger partial charge in [-0.3, -0.25) is 15.8 Å². The van der Waals surface area contributed by atoms with Gasteiger partial charge in [-0.05, 0) is 31.6 Å². The van der Waals surface area contributed by atoms with Crippen LogP contribution in [0.25, 0.3) is 0 Å². The van der Waals surface area contributed by atoms with Gasteiger partial charge in [-0.15, -0.1) is 0 Å². The maximum atomic E-state index is 14.4. The van der Waals surface area contributed by atoms with Crippen LogP contribution in [0.5, 0.6) is 5.75 Å². The quantitative estimate of drug-likeness (QED) is 0.189. The molecule has 1 unspecified atom stereocenters. The Morgan fingerprint density at radius 2 is 1.86 bits per heavy atom. The minimum Gasteiger partial charge on any atom is -0.493 e. The molecule has 0 spiro atoms. The first-order chi connectivity index (χ1) is 17.0. The average molecular weight is 516 g/mol. The highest BCUT2D eigenvalue weighted by Crippen LogP contribution is 2.25. The first kappa shape index (κ1) is 28.9. The van der Waals surface area contributed by atoms with Gasteiger partial charge in [-0.2, -0.15) is 13.2 Å². The van der Waals surface area contributed by atoms with Crippen LogP contribution in [0.15, 0.2) is 33.9 Å². The van der Waals surface area contributed by atoms with Gasteiger partial charge in [0.2, 0.25) is 5.90 Å². The van der Waals surface area contributed by atoms with Crippen LogP contribution in [-0.2, 0) is 4.74 Å². The standard InChI is InChI=1S/C24H30F5N5O2/c1-15(2)22(30)36-23(31)21-19(25)10-18(11-20(21)26)35-9-3-4-16-5-7-32-12-17(24(27,28)29)13-34-14-33-8-6-16/h10-16,30-31H,3-9H2,1-2H3,(H,33,34)/b17-13+,30-22?,31-23?,32-12-. The molecule has 1 aromatic rings. The Morgan fingerprint density at radius 1 is 1.17 bits per heavy atom. The fraction of sp³-hybridized carbons (Fsp3) is 0.500. The smallest absolute Gasteiger partial charge is 0.419 e. The van der Waals surface area contributed by atoms with Crippen molar-refractivity contribution in [1.82, 2.24) is 5.32 Å². The minimum absolute atomic E-state index is 0.0480. The number of allylic oxidation sites excluding steroid dienone is 1. The van der Waals surface area contributed by atoms with E-state index >= 15 is 0 Å². The van der Waals surface area contributed by atoms with E-state index < -0.39 is 34.8 Å². The largest absolute Gasteiger partial charge is 0.493 e. The number of hydrogen-bond donors (Lipinski definition) is 3. The molecule has 0 saturated carbocycles. The molecule has 0 amide bonds. The van der Waals surface area contributed by atoms with Gasteiger partial charge in [0.05, 0.1) is 18.5 Å². The van der Waals surface area contributed by atoms with Gasteiger partial charge in [0, 0.05) is 43.6 Å². The normalized spacial score (nSPS) is 20.2. The van der Waals surface area contributed by atoms with Crippen molar-refractivity contribution < 1.29 is 31.4 Å². The predicted molar refractivity (Wildman–Crippen MR) is 128 cm³/mol. The maximum Gasteiger partial charge on any atom is 0.419 e. The topological polar surface area (TPSA) is 103 Å². The van der Waals surface area contributed by atoms with Gasteiger partial charge in [-0.1, -0.05) is 13.8 Å². The summed E-state index contributed by atoms with van der Waals surface area (Å²) < 4.78 is 78.0. The SMILES string of the molecule is CC(C)C(=N)OC(=N)c1c(F)cc(OCCCC2CC\N=C/C(C(F)(F)F)=C\N=C\NCC2)cc1F. The van der Waals surface area contributed by atoms with Crippen LogP contribution in [0.2, 0.25) is 0 Å². The first-order valence-electron chi connectivity index (χ1n) is 11.5. The lowest BCUT2D eigenvalue weighted by Gasteiger charge is -2.17. The summed E-state index contributed by atoms with van der Waals surface area (Å²) in [5.41, 5.74) is -1.61. The Hall–Kier alpha value is -3.31. The zero-order chi connectivity index (χ0) is 26.7. The molecule has 1 heterocycles. The summed E-state index contributed by atoms with van der Waals surface area (Å²) in [6.07, 6.45) is 0.712. The molecule has 1 aliphatic rings. The van der Waals surface area contributed by atoms with E-state index in [0.29, 0.717) is 25.8 Å². The molecule has 0 bridgehead atoms. The fourth-order valence-corrected chi connectivity index (χ4v) is 3.25. The number of nitrogens with zero attached hydrogens (tertiary/aromatic N) is 2. The monoisotopic (exact) mass is 515 g/mol. The van der Waals surface area contributed by atoms with Crippen LogP contribution in [0.4, 0.5) is 22.0 Å². The second kappa shape index (κ2) is 13.7. The molecule has 0 aliphatic carbocycles. The lowest BCUT2D eigenvalue weighted by atomic mass is 9.96. The Morgan fingerprint density at radius 3 is 2.50 bits per heavy atom. The van der Waals surface area contributed by atoms with Crippen molar-refractivity contribution >= 4 is 24.3 Å². The molecule has 0 aromatic heterocycles. The number of aliphatic imine (C=N–C) groups is 2. The van der Waals surface area contributed by atoms with Crippen molar-refractivity contribution in [3.8, 4) is 5.75 Å². The number of hydrogen-bond acceptors (Lipinski definition) is 7. The molecule has 198 valence electrons. The molecule has 36 heavy (non-hydrogen) atoms. The number of benzene rings is 1. The zero-order valence-corrected chi connectivity index (χ0v) is 20.1. The van der Waals surface area contributed by atoms with E-state index in [-0.39, 0.29) is 36.6 Å². The molecule has 1 aliphatic heterocycles. The highest BCUT2D eigenvalue weighted by molar-refractivity contribution is 6.00. The third-order valence-electron chi connectivity index (χ3n) is 5.31. The summed E-state index contributed by atoms with van der Waals surface area (Å²) in [6, 6.07) is 1.91. The second-order valence-corrected chi connectivity index (χ2v) is 8.50. The van der Waals surface area contributed by atoms with E-state index in [1.165, 1.54) is 6.34 Å². The second-order valence-electron chi connectivity index (χ2n) is 8.50. The highest BCUT2D eigenvalue weighted by Gasteiger charge is 2.32. The highest BCUT2D eigenvalue weighted by atomic mass is 19.4. The molecule has 3 N–H and O–H groups in total. The van der Waals surface area contributed by atoms with Crippen LogP contribution >= 0.6 is 0 Å². The number of halogens is 5. The van der Waals surface area contributed by atoms with Gasteiger partial charge in [0.25, 0.3) is 0 Å². The Kier molecular flexibility index (Phi) is 11.0. The van der Waals surface area contributed by atoms with E-state index in [0.717, 1.165) is 31.0 Å². The Balaban J connectivity index is 1.89. The molecule has 7 nitrogen and oxygen atoms in total. The van der Waals surface area contributed by atoms with Crippen LogP contribution < -0.4 is 10.1 Å². The minimum atomic E-state index is -4.54. The van der Waals surface area contributed by atoms with Crippen molar-refractivity contribution in [2.75, 3.05) is 19.7 Å². The summed E-state index contributed by atoms with van der Waals surface area (Å²) >= 11 is 0. The van der Waals surface area contributed by atoms with Crippen LogP contribution in [0.1, 0.15) is 45.1 Å². The number of ether oxygens (including phenoxy) is 2. The molecule has 0 saturated heterocycles. The molecular weight excluding hydrogens is 485 g/mol. The predicted octanol–water partition coefficient (Wildman–Crippen LogP) is 5.64. The van der Waals surface area contributed by atoms with E-state index in [9.17, 15) is 22.0 Å². The molecule has 1 aromatic carbocycles. The Bertz CT molecular complexity index is 982. The van der Waals surface area contributed by atoms with Crippen LogP contribution in [0.3, 0.4) is 0 Å². The average Bonchev–Trinajstić information content (AvgIpc) is 2.76. The van der Waals surface area contributed by atoms with E-state index in [2.05, 4.69) is 15.3 Å². The fourth-order valence-electron chi connectivity index (χ4n) is 3.25. The Labute approximate surface area is 206 Å².